The van der Waals surface area contributed by atoms with Crippen LogP contribution in [0.4, 0.5) is 5.69 Å². The second-order valence-electron chi connectivity index (χ2n) is 6.31. The summed E-state index contributed by atoms with van der Waals surface area (Å²) in [4.78, 5) is 12.0. The number of hydrogen-bond acceptors (Lipinski definition) is 2. The van der Waals surface area contributed by atoms with E-state index in [1.807, 2.05) is 24.3 Å². The molecule has 0 aromatic heterocycles. The lowest BCUT2D eigenvalue weighted by atomic mass is 9.80. The molecule has 0 heterocycles. The van der Waals surface area contributed by atoms with Gasteiger partial charge in [0.25, 0.3) is 0 Å². The molecule has 1 aromatic carbocycles. The minimum absolute atomic E-state index is 0.174. The van der Waals surface area contributed by atoms with Gasteiger partial charge in [-0.15, -0.1) is 0 Å². The fraction of sp³-hybridized carbons (Fsp3) is 0.588. The molecular formula is C17H26N2O. The highest BCUT2D eigenvalue weighted by Crippen LogP contribution is 2.28. The first-order valence-electron chi connectivity index (χ1n) is 7.68. The van der Waals surface area contributed by atoms with E-state index in [9.17, 15) is 4.79 Å². The number of nitrogen functional groups attached to an aromatic ring is 1. The summed E-state index contributed by atoms with van der Waals surface area (Å²) in [6.45, 7) is 4.55. The van der Waals surface area contributed by atoms with Crippen molar-refractivity contribution in [1.29, 1.82) is 0 Å². The van der Waals surface area contributed by atoms with E-state index in [2.05, 4.69) is 19.2 Å². The van der Waals surface area contributed by atoms with Crippen LogP contribution in [0.1, 0.15) is 45.1 Å². The van der Waals surface area contributed by atoms with E-state index in [1.165, 1.54) is 18.4 Å². The maximum atomic E-state index is 12.0. The van der Waals surface area contributed by atoms with E-state index in [-0.39, 0.29) is 5.91 Å². The molecule has 0 bridgehead atoms. The molecule has 20 heavy (non-hydrogen) atoms. The minimum atomic E-state index is 0.174. The van der Waals surface area contributed by atoms with E-state index in [4.69, 9.17) is 5.73 Å². The van der Waals surface area contributed by atoms with Gasteiger partial charge >= 0.3 is 0 Å². The standard InChI is InChI=1S/C17H26N2O/c1-12-3-9-16(13(2)11-12)19-17(20)10-6-14-4-7-15(18)8-5-14/h4-5,7-8,12-13,16H,3,6,9-11,18H2,1-2H3,(H,19,20). The van der Waals surface area contributed by atoms with Gasteiger partial charge in [0.05, 0.1) is 0 Å². The number of anilines is 1. The fourth-order valence-corrected chi connectivity index (χ4v) is 3.10. The maximum Gasteiger partial charge on any atom is 0.220 e. The third-order valence-corrected chi connectivity index (χ3v) is 4.40. The highest BCUT2D eigenvalue weighted by atomic mass is 16.1. The molecule has 3 heteroatoms. The smallest absolute Gasteiger partial charge is 0.220 e. The lowest BCUT2D eigenvalue weighted by molar-refractivity contribution is -0.122. The van der Waals surface area contributed by atoms with Crippen LogP contribution in [0.15, 0.2) is 24.3 Å². The predicted octanol–water partition coefficient (Wildman–Crippen LogP) is 3.14. The van der Waals surface area contributed by atoms with Crippen molar-refractivity contribution in [2.24, 2.45) is 11.8 Å². The molecule has 3 unspecified atom stereocenters. The monoisotopic (exact) mass is 274 g/mol. The van der Waals surface area contributed by atoms with Crippen molar-refractivity contribution in [1.82, 2.24) is 5.32 Å². The van der Waals surface area contributed by atoms with Crippen LogP contribution in [0.3, 0.4) is 0 Å². The first-order valence-corrected chi connectivity index (χ1v) is 7.68. The van der Waals surface area contributed by atoms with Gasteiger partial charge in [0.2, 0.25) is 5.91 Å². The van der Waals surface area contributed by atoms with Gasteiger partial charge in [-0.1, -0.05) is 26.0 Å². The number of hydrogen-bond donors (Lipinski definition) is 2. The molecule has 0 radical (unpaired) electrons. The molecule has 1 saturated carbocycles. The summed E-state index contributed by atoms with van der Waals surface area (Å²) >= 11 is 0. The Kier molecular flexibility index (Phi) is 5.05. The summed E-state index contributed by atoms with van der Waals surface area (Å²) in [7, 11) is 0. The Labute approximate surface area is 121 Å². The lowest BCUT2D eigenvalue weighted by Gasteiger charge is -2.33. The second-order valence-corrected chi connectivity index (χ2v) is 6.31. The van der Waals surface area contributed by atoms with Crippen molar-refractivity contribution >= 4 is 11.6 Å². The molecule has 2 rings (SSSR count). The number of carbonyl (C=O) groups excluding carboxylic acids is 1. The Morgan fingerprint density at radius 3 is 2.60 bits per heavy atom. The number of carbonyl (C=O) groups is 1. The van der Waals surface area contributed by atoms with Gasteiger partial charge in [-0.3, -0.25) is 4.79 Å². The summed E-state index contributed by atoms with van der Waals surface area (Å²) in [5, 5.41) is 3.21. The van der Waals surface area contributed by atoms with Crippen LogP contribution in [0.25, 0.3) is 0 Å². The Hall–Kier alpha value is -1.51. The average Bonchev–Trinajstić information content (AvgIpc) is 2.41. The van der Waals surface area contributed by atoms with Crippen LogP contribution in [-0.2, 0) is 11.2 Å². The molecule has 110 valence electrons. The zero-order chi connectivity index (χ0) is 14.5. The van der Waals surface area contributed by atoms with E-state index in [1.54, 1.807) is 0 Å². The largest absolute Gasteiger partial charge is 0.399 e. The van der Waals surface area contributed by atoms with Crippen molar-refractivity contribution in [3.05, 3.63) is 29.8 Å². The normalized spacial score (nSPS) is 26.2. The van der Waals surface area contributed by atoms with Crippen molar-refractivity contribution < 1.29 is 4.79 Å². The van der Waals surface area contributed by atoms with E-state index >= 15 is 0 Å². The van der Waals surface area contributed by atoms with Crippen molar-refractivity contribution in [2.75, 3.05) is 5.73 Å². The SMILES string of the molecule is CC1CCC(NC(=O)CCc2ccc(N)cc2)C(C)C1. The lowest BCUT2D eigenvalue weighted by Crippen LogP contribution is -2.42. The van der Waals surface area contributed by atoms with Crippen LogP contribution in [0, 0.1) is 11.8 Å². The fourth-order valence-electron chi connectivity index (χ4n) is 3.10. The van der Waals surface area contributed by atoms with Crippen LogP contribution < -0.4 is 11.1 Å². The predicted molar refractivity (Wildman–Crippen MR) is 83.3 cm³/mol. The summed E-state index contributed by atoms with van der Waals surface area (Å²) in [5.74, 6) is 1.57. The Balaban J connectivity index is 1.76. The molecule has 1 amide bonds. The van der Waals surface area contributed by atoms with Crippen LogP contribution in [0.5, 0.6) is 0 Å². The highest BCUT2D eigenvalue weighted by Gasteiger charge is 2.26. The summed E-state index contributed by atoms with van der Waals surface area (Å²) < 4.78 is 0. The van der Waals surface area contributed by atoms with Crippen molar-refractivity contribution in [3.8, 4) is 0 Å². The Bertz CT molecular complexity index is 441. The van der Waals surface area contributed by atoms with E-state index in [0.29, 0.717) is 18.4 Å². The maximum absolute atomic E-state index is 12.0. The van der Waals surface area contributed by atoms with E-state index < -0.39 is 0 Å². The first-order chi connectivity index (χ1) is 9.54. The molecule has 0 aliphatic heterocycles. The second kappa shape index (κ2) is 6.78. The van der Waals surface area contributed by atoms with Gasteiger partial charge in [-0.05, 0) is 55.2 Å². The molecule has 0 saturated heterocycles. The molecule has 1 fully saturated rings. The summed E-state index contributed by atoms with van der Waals surface area (Å²) in [6, 6.07) is 8.13. The first kappa shape index (κ1) is 14.9. The zero-order valence-corrected chi connectivity index (χ0v) is 12.6. The van der Waals surface area contributed by atoms with Gasteiger partial charge in [0, 0.05) is 18.2 Å². The van der Waals surface area contributed by atoms with Crippen LogP contribution >= 0.6 is 0 Å². The topological polar surface area (TPSA) is 55.1 Å². The van der Waals surface area contributed by atoms with E-state index in [0.717, 1.165) is 24.4 Å². The van der Waals surface area contributed by atoms with Crippen molar-refractivity contribution in [2.45, 2.75) is 52.0 Å². The molecule has 0 spiro atoms. The number of aryl methyl sites for hydroxylation is 1. The number of benzene rings is 1. The van der Waals surface area contributed by atoms with Gasteiger partial charge in [-0.2, -0.15) is 0 Å². The molecule has 3 nitrogen and oxygen atoms in total. The van der Waals surface area contributed by atoms with Gasteiger partial charge in [0.15, 0.2) is 0 Å². The number of nitrogens with one attached hydrogen (secondary N) is 1. The van der Waals surface area contributed by atoms with Gasteiger partial charge in [-0.25, -0.2) is 0 Å². The molecule has 3 atom stereocenters. The summed E-state index contributed by atoms with van der Waals surface area (Å²) in [5.41, 5.74) is 7.59. The van der Waals surface area contributed by atoms with Crippen LogP contribution in [0.2, 0.25) is 0 Å². The van der Waals surface area contributed by atoms with Gasteiger partial charge in [0.1, 0.15) is 0 Å². The Morgan fingerprint density at radius 2 is 1.95 bits per heavy atom. The zero-order valence-electron chi connectivity index (χ0n) is 12.6. The molecular weight excluding hydrogens is 248 g/mol. The highest BCUT2D eigenvalue weighted by molar-refractivity contribution is 5.76. The quantitative estimate of drug-likeness (QED) is 0.829. The number of amides is 1. The third kappa shape index (κ3) is 4.26. The van der Waals surface area contributed by atoms with Crippen LogP contribution in [-0.4, -0.2) is 11.9 Å². The average molecular weight is 274 g/mol. The molecule has 3 N–H and O–H groups in total. The molecule has 1 aliphatic rings. The summed E-state index contributed by atoms with van der Waals surface area (Å²) in [6.07, 6.45) is 4.92. The Morgan fingerprint density at radius 1 is 1.25 bits per heavy atom. The van der Waals surface area contributed by atoms with Gasteiger partial charge < -0.3 is 11.1 Å². The minimum Gasteiger partial charge on any atom is -0.399 e. The third-order valence-electron chi connectivity index (χ3n) is 4.40. The number of rotatable bonds is 4. The molecule has 1 aliphatic carbocycles. The molecule has 1 aromatic rings. The van der Waals surface area contributed by atoms with Crippen molar-refractivity contribution in [3.63, 3.8) is 0 Å². The number of nitrogens with two attached hydrogens (primary N) is 1.